The van der Waals surface area contributed by atoms with Crippen LogP contribution in [0.25, 0.3) is 0 Å². The Morgan fingerprint density at radius 3 is 2.59 bits per heavy atom. The van der Waals surface area contributed by atoms with E-state index < -0.39 is 0 Å². The second kappa shape index (κ2) is 8.87. The Kier molecular flexibility index (Phi) is 6.32. The third kappa shape index (κ3) is 3.90. The number of carbonyl (C=O) groups excluding carboxylic acids is 3. The molecule has 5 heteroatoms. The summed E-state index contributed by atoms with van der Waals surface area (Å²) in [7, 11) is 0. The third-order valence-corrected chi connectivity index (χ3v) is 12.0. The third-order valence-electron chi connectivity index (χ3n) is 10.9. The monoisotopic (exact) mass is 483 g/mol. The zero-order chi connectivity index (χ0) is 24.3. The maximum Gasteiger partial charge on any atom is 0.220 e. The van der Waals surface area contributed by atoms with Gasteiger partial charge >= 0.3 is 0 Å². The maximum absolute atomic E-state index is 13.5. The van der Waals surface area contributed by atoms with Crippen molar-refractivity contribution < 1.29 is 14.4 Å². The van der Waals surface area contributed by atoms with E-state index in [0.29, 0.717) is 60.9 Å². The van der Waals surface area contributed by atoms with Gasteiger partial charge in [0.2, 0.25) is 5.91 Å². The van der Waals surface area contributed by atoms with Gasteiger partial charge in [0.25, 0.3) is 0 Å². The largest absolute Gasteiger partial charge is 0.349 e. The highest BCUT2D eigenvalue weighted by Crippen LogP contribution is 2.67. The first-order chi connectivity index (χ1) is 16.1. The van der Waals surface area contributed by atoms with Crippen molar-refractivity contribution in [1.82, 2.24) is 5.32 Å². The van der Waals surface area contributed by atoms with Gasteiger partial charge in [-0.15, -0.1) is 11.3 Å². The van der Waals surface area contributed by atoms with E-state index >= 15 is 0 Å². The first kappa shape index (κ1) is 24.2. The summed E-state index contributed by atoms with van der Waals surface area (Å²) >= 11 is 1.68. The minimum Gasteiger partial charge on any atom is -0.349 e. The molecule has 0 spiro atoms. The number of nitrogens with one attached hydrogen (secondary N) is 1. The Balaban J connectivity index is 1.28. The topological polar surface area (TPSA) is 63.2 Å². The molecule has 0 bridgehead atoms. The van der Waals surface area contributed by atoms with Gasteiger partial charge < -0.3 is 5.32 Å². The Morgan fingerprint density at radius 2 is 1.85 bits per heavy atom. The number of hydrogen-bond donors (Lipinski definition) is 1. The molecule has 0 aromatic carbocycles. The predicted molar refractivity (Wildman–Crippen MR) is 135 cm³/mol. The van der Waals surface area contributed by atoms with E-state index in [1.165, 1.54) is 4.88 Å². The van der Waals surface area contributed by atoms with Crippen LogP contribution in [0.3, 0.4) is 0 Å². The van der Waals surface area contributed by atoms with Crippen LogP contribution < -0.4 is 5.32 Å². The fourth-order valence-corrected chi connectivity index (χ4v) is 9.78. The summed E-state index contributed by atoms with van der Waals surface area (Å²) in [6.07, 6.45) is 7.97. The van der Waals surface area contributed by atoms with Gasteiger partial charge in [-0.3, -0.25) is 14.4 Å². The number of amides is 1. The highest BCUT2D eigenvalue weighted by Gasteiger charge is 2.63. The van der Waals surface area contributed by atoms with Crippen LogP contribution in [0, 0.1) is 46.3 Å². The lowest BCUT2D eigenvalue weighted by Crippen LogP contribution is -2.57. The first-order valence-electron chi connectivity index (χ1n) is 13.5. The average molecular weight is 484 g/mol. The van der Waals surface area contributed by atoms with Gasteiger partial charge in [0.1, 0.15) is 11.6 Å². The number of rotatable bonds is 5. The molecule has 4 aliphatic carbocycles. The van der Waals surface area contributed by atoms with Crippen molar-refractivity contribution in [3.8, 4) is 0 Å². The van der Waals surface area contributed by atoms with Crippen molar-refractivity contribution in [3.63, 3.8) is 0 Å². The van der Waals surface area contributed by atoms with Crippen LogP contribution in [0.15, 0.2) is 17.5 Å². The summed E-state index contributed by atoms with van der Waals surface area (Å²) in [5.41, 5.74) is 0.291. The van der Waals surface area contributed by atoms with E-state index in [2.05, 4.69) is 44.5 Å². The van der Waals surface area contributed by atoms with E-state index in [1.807, 2.05) is 6.07 Å². The highest BCUT2D eigenvalue weighted by molar-refractivity contribution is 7.10. The van der Waals surface area contributed by atoms with E-state index in [-0.39, 0.29) is 34.6 Å². The van der Waals surface area contributed by atoms with Gasteiger partial charge in [-0.2, -0.15) is 0 Å². The summed E-state index contributed by atoms with van der Waals surface area (Å²) < 4.78 is 0. The highest BCUT2D eigenvalue weighted by atomic mass is 32.1. The second-order valence-electron chi connectivity index (χ2n) is 12.6. The fraction of sp³-hybridized carbons (Fsp3) is 0.759. The second-order valence-corrected chi connectivity index (χ2v) is 13.5. The number of carbonyl (C=O) groups is 3. The number of Topliss-reactive ketones (excluding diaryl/α,β-unsaturated/α-hetero) is 2. The van der Waals surface area contributed by atoms with Crippen molar-refractivity contribution in [2.75, 3.05) is 0 Å². The molecular weight excluding hydrogens is 442 g/mol. The first-order valence-corrected chi connectivity index (χ1v) is 14.4. The quantitative estimate of drug-likeness (QED) is 0.530. The smallest absolute Gasteiger partial charge is 0.220 e. The predicted octanol–water partition coefficient (Wildman–Crippen LogP) is 6.36. The van der Waals surface area contributed by atoms with E-state index in [1.54, 1.807) is 11.3 Å². The number of fused-ring (bicyclic) bond motifs is 5. The van der Waals surface area contributed by atoms with E-state index in [0.717, 1.165) is 32.1 Å². The molecule has 0 aliphatic heterocycles. The van der Waals surface area contributed by atoms with Gasteiger partial charge in [0, 0.05) is 36.5 Å². The average Bonchev–Trinajstić information content (AvgIpc) is 3.42. The minimum absolute atomic E-state index is 0.0537. The van der Waals surface area contributed by atoms with Crippen molar-refractivity contribution >= 4 is 28.8 Å². The standard InChI is InChI=1S/C29H41NO3S/c1-17(14-26(33)30-18(2)25-6-5-13-34-25)21-7-8-22-27-23(10-12-29(21,22)4)28(3)11-9-20(31)15-19(28)16-24(27)32/h5-6,13,17-19,21-23,27H,7-12,14-16H2,1-4H3,(H,30,33)/t17-,18-,19+,21-,22+,23+,27+,28+,29-/m1/s1. The molecule has 9 atom stereocenters. The SMILES string of the molecule is C[C@H](CC(=O)N[C@H](C)c1cccs1)[C@H]1CC[C@H]2[C@@H]3C(=O)C[C@@H]4CC(=O)CC[C@]4(C)[C@H]3CC[C@]12C. The van der Waals surface area contributed by atoms with Gasteiger partial charge in [0.15, 0.2) is 0 Å². The van der Waals surface area contributed by atoms with Crippen LogP contribution >= 0.6 is 11.3 Å². The minimum atomic E-state index is 0.0537. The van der Waals surface area contributed by atoms with Crippen LogP contribution in [-0.4, -0.2) is 17.5 Å². The molecular formula is C29H41NO3S. The number of ketones is 2. The van der Waals surface area contributed by atoms with Crippen molar-refractivity contribution in [3.05, 3.63) is 22.4 Å². The molecule has 5 rings (SSSR count). The van der Waals surface area contributed by atoms with Crippen molar-refractivity contribution in [2.24, 2.45) is 46.3 Å². The Hall–Kier alpha value is -1.49. The number of thiophene rings is 1. The maximum atomic E-state index is 13.5. The molecule has 0 unspecified atom stereocenters. The normalized spacial score (nSPS) is 41.2. The molecule has 1 heterocycles. The van der Waals surface area contributed by atoms with Crippen LogP contribution in [0.5, 0.6) is 0 Å². The van der Waals surface area contributed by atoms with E-state index in [4.69, 9.17) is 0 Å². The number of hydrogen-bond acceptors (Lipinski definition) is 4. The molecule has 1 aromatic heterocycles. The van der Waals surface area contributed by atoms with Gasteiger partial charge in [-0.1, -0.05) is 26.8 Å². The van der Waals surface area contributed by atoms with Crippen LogP contribution in [0.2, 0.25) is 0 Å². The van der Waals surface area contributed by atoms with Gasteiger partial charge in [-0.25, -0.2) is 0 Å². The fourth-order valence-electron chi connectivity index (χ4n) is 9.04. The summed E-state index contributed by atoms with van der Waals surface area (Å²) in [5, 5.41) is 5.26. The molecule has 34 heavy (non-hydrogen) atoms. The van der Waals surface area contributed by atoms with Crippen LogP contribution in [0.1, 0.15) is 96.4 Å². The molecule has 0 saturated heterocycles. The Bertz CT molecular complexity index is 957. The van der Waals surface area contributed by atoms with Gasteiger partial charge in [0.05, 0.1) is 6.04 Å². The summed E-state index contributed by atoms with van der Waals surface area (Å²) in [4.78, 5) is 39.8. The molecule has 4 saturated carbocycles. The molecule has 4 nitrogen and oxygen atoms in total. The lowest BCUT2D eigenvalue weighted by Gasteiger charge is -2.59. The summed E-state index contributed by atoms with van der Waals surface area (Å²) in [6, 6.07) is 4.16. The molecule has 186 valence electrons. The lowest BCUT2D eigenvalue weighted by molar-refractivity contribution is -0.159. The summed E-state index contributed by atoms with van der Waals surface area (Å²) in [5.74, 6) is 3.05. The molecule has 1 N–H and O–H groups in total. The Labute approximate surface area is 208 Å². The zero-order valence-corrected chi connectivity index (χ0v) is 22.1. The van der Waals surface area contributed by atoms with E-state index in [9.17, 15) is 14.4 Å². The molecule has 0 radical (unpaired) electrons. The van der Waals surface area contributed by atoms with Crippen LogP contribution in [-0.2, 0) is 14.4 Å². The zero-order valence-electron chi connectivity index (χ0n) is 21.3. The lowest BCUT2D eigenvalue weighted by atomic mass is 9.44. The Morgan fingerprint density at radius 1 is 1.09 bits per heavy atom. The summed E-state index contributed by atoms with van der Waals surface area (Å²) in [6.45, 7) is 9.14. The van der Waals surface area contributed by atoms with Crippen LogP contribution in [0.4, 0.5) is 0 Å². The molecule has 1 aromatic rings. The van der Waals surface area contributed by atoms with Crippen molar-refractivity contribution in [2.45, 2.75) is 91.5 Å². The molecule has 4 fully saturated rings. The molecule has 4 aliphatic rings. The molecule has 1 amide bonds. The van der Waals surface area contributed by atoms with Crippen molar-refractivity contribution in [1.29, 1.82) is 0 Å². The van der Waals surface area contributed by atoms with Gasteiger partial charge in [-0.05, 0) is 90.9 Å².